The molecule has 2 fully saturated rings. The van der Waals surface area contributed by atoms with Gasteiger partial charge in [-0.1, -0.05) is 12.5 Å². The van der Waals surface area contributed by atoms with Gasteiger partial charge in [-0.25, -0.2) is 15.0 Å². The van der Waals surface area contributed by atoms with Crippen LogP contribution in [0.25, 0.3) is 0 Å². The van der Waals surface area contributed by atoms with Gasteiger partial charge in [-0.2, -0.15) is 0 Å². The molecule has 1 N–H and O–H groups in total. The molecule has 120 valence electrons. The molecular formula is C17H21N5O. The van der Waals surface area contributed by atoms with E-state index >= 15 is 0 Å². The van der Waals surface area contributed by atoms with Crippen LogP contribution in [0.2, 0.25) is 0 Å². The van der Waals surface area contributed by atoms with E-state index in [4.69, 9.17) is 9.72 Å². The van der Waals surface area contributed by atoms with E-state index in [0.29, 0.717) is 12.6 Å². The molecule has 0 radical (unpaired) electrons. The van der Waals surface area contributed by atoms with Gasteiger partial charge in [0.1, 0.15) is 17.5 Å². The highest BCUT2D eigenvalue weighted by atomic mass is 16.5. The van der Waals surface area contributed by atoms with Crippen LogP contribution in [0.5, 0.6) is 0 Å². The third-order valence-corrected chi connectivity index (χ3v) is 4.61. The molecule has 4 rings (SSSR count). The molecule has 6 heteroatoms. The van der Waals surface area contributed by atoms with Crippen molar-refractivity contribution < 1.29 is 4.74 Å². The van der Waals surface area contributed by atoms with Crippen molar-refractivity contribution in [2.75, 3.05) is 25.1 Å². The number of nitrogens with zero attached hydrogens (tertiary/aromatic N) is 4. The lowest BCUT2D eigenvalue weighted by molar-refractivity contribution is -0.0496. The van der Waals surface area contributed by atoms with E-state index in [1.54, 1.807) is 12.4 Å². The second-order valence-electron chi connectivity index (χ2n) is 6.05. The second kappa shape index (κ2) is 6.60. The number of morpholine rings is 1. The minimum Gasteiger partial charge on any atom is -0.378 e. The molecule has 0 aromatic carbocycles. The van der Waals surface area contributed by atoms with Gasteiger partial charge in [0.05, 0.1) is 19.3 Å². The lowest BCUT2D eigenvalue weighted by Crippen LogP contribution is -2.49. The highest BCUT2D eigenvalue weighted by Gasteiger charge is 2.35. The fourth-order valence-corrected chi connectivity index (χ4v) is 3.17. The van der Waals surface area contributed by atoms with Gasteiger partial charge in [0, 0.05) is 25.0 Å². The van der Waals surface area contributed by atoms with Crippen LogP contribution in [-0.4, -0.2) is 45.7 Å². The van der Waals surface area contributed by atoms with Gasteiger partial charge in [-0.3, -0.25) is 4.90 Å². The highest BCUT2D eigenvalue weighted by molar-refractivity contribution is 5.50. The van der Waals surface area contributed by atoms with Crippen molar-refractivity contribution in [3.63, 3.8) is 0 Å². The Balaban J connectivity index is 1.54. The van der Waals surface area contributed by atoms with Crippen molar-refractivity contribution in [1.82, 2.24) is 19.9 Å². The summed E-state index contributed by atoms with van der Waals surface area (Å²) in [4.78, 5) is 16.0. The third kappa shape index (κ3) is 3.18. The minimum absolute atomic E-state index is 0.152. The monoisotopic (exact) mass is 311 g/mol. The molecule has 1 aliphatic carbocycles. The fraction of sp³-hybridized carbons (Fsp3) is 0.471. The molecule has 3 heterocycles. The summed E-state index contributed by atoms with van der Waals surface area (Å²) in [5, 5.41) is 3.23. The van der Waals surface area contributed by atoms with E-state index in [0.717, 1.165) is 30.6 Å². The molecule has 2 aliphatic rings. The van der Waals surface area contributed by atoms with E-state index < -0.39 is 0 Å². The van der Waals surface area contributed by atoms with Gasteiger partial charge >= 0.3 is 0 Å². The molecule has 1 atom stereocenters. The predicted octanol–water partition coefficient (Wildman–Crippen LogP) is 2.54. The smallest absolute Gasteiger partial charge is 0.150 e. The van der Waals surface area contributed by atoms with Crippen molar-refractivity contribution in [1.29, 1.82) is 0 Å². The largest absolute Gasteiger partial charge is 0.378 e. The van der Waals surface area contributed by atoms with E-state index in [-0.39, 0.29) is 6.04 Å². The Labute approximate surface area is 135 Å². The zero-order valence-electron chi connectivity index (χ0n) is 13.1. The molecular weight excluding hydrogens is 290 g/mol. The van der Waals surface area contributed by atoms with Crippen molar-refractivity contribution in [2.24, 2.45) is 0 Å². The molecule has 23 heavy (non-hydrogen) atoms. The topological polar surface area (TPSA) is 63.2 Å². The summed E-state index contributed by atoms with van der Waals surface area (Å²) >= 11 is 0. The van der Waals surface area contributed by atoms with Crippen LogP contribution >= 0.6 is 0 Å². The maximum Gasteiger partial charge on any atom is 0.150 e. The number of rotatable bonds is 4. The van der Waals surface area contributed by atoms with E-state index in [9.17, 15) is 0 Å². The summed E-state index contributed by atoms with van der Waals surface area (Å²) in [7, 11) is 0. The first-order valence-corrected chi connectivity index (χ1v) is 8.24. The zero-order valence-corrected chi connectivity index (χ0v) is 13.1. The standard InChI is InChI=1S/C17H21N5O/c1-2-8-18-15(6-1)20-16-7-9-19-17(21-16)14-12-23-11-10-22(14)13-4-3-5-13/h1-2,6-9,13-14H,3-5,10-12H2,(H,18,19,20,21)/t14-/m0/s1. The Hall–Kier alpha value is -2.05. The second-order valence-corrected chi connectivity index (χ2v) is 6.05. The van der Waals surface area contributed by atoms with Crippen molar-refractivity contribution in [2.45, 2.75) is 31.3 Å². The molecule has 0 spiro atoms. The highest BCUT2D eigenvalue weighted by Crippen LogP contribution is 2.33. The van der Waals surface area contributed by atoms with Crippen LogP contribution in [0.1, 0.15) is 31.1 Å². The Morgan fingerprint density at radius 2 is 2.04 bits per heavy atom. The number of anilines is 2. The van der Waals surface area contributed by atoms with Crippen LogP contribution in [0.4, 0.5) is 11.6 Å². The third-order valence-electron chi connectivity index (χ3n) is 4.61. The number of nitrogens with one attached hydrogen (secondary N) is 1. The van der Waals surface area contributed by atoms with Gasteiger partial charge < -0.3 is 10.1 Å². The fourth-order valence-electron chi connectivity index (χ4n) is 3.17. The first kappa shape index (κ1) is 14.5. The molecule has 2 aromatic heterocycles. The predicted molar refractivity (Wildman–Crippen MR) is 87.5 cm³/mol. The van der Waals surface area contributed by atoms with Crippen LogP contribution in [-0.2, 0) is 4.74 Å². The summed E-state index contributed by atoms with van der Waals surface area (Å²) in [6.45, 7) is 2.44. The van der Waals surface area contributed by atoms with Crippen molar-refractivity contribution >= 4 is 11.6 Å². The summed E-state index contributed by atoms with van der Waals surface area (Å²) < 4.78 is 5.69. The number of pyridine rings is 1. The van der Waals surface area contributed by atoms with Crippen LogP contribution < -0.4 is 5.32 Å². The Kier molecular flexibility index (Phi) is 4.17. The molecule has 6 nitrogen and oxygen atoms in total. The van der Waals surface area contributed by atoms with E-state index in [1.807, 2.05) is 24.3 Å². The lowest BCUT2D eigenvalue weighted by Gasteiger charge is -2.44. The lowest BCUT2D eigenvalue weighted by atomic mass is 9.90. The summed E-state index contributed by atoms with van der Waals surface area (Å²) in [5.41, 5.74) is 0. The molecule has 1 aliphatic heterocycles. The SMILES string of the molecule is c1ccc(Nc2ccnc([C@@H]3COCCN3C3CCC3)n2)nc1. The van der Waals surface area contributed by atoms with Crippen LogP contribution in [0.3, 0.4) is 0 Å². The molecule has 2 aromatic rings. The number of aromatic nitrogens is 3. The molecule has 0 unspecified atom stereocenters. The van der Waals surface area contributed by atoms with Crippen LogP contribution in [0, 0.1) is 0 Å². The van der Waals surface area contributed by atoms with Gasteiger partial charge in [-0.15, -0.1) is 0 Å². The summed E-state index contributed by atoms with van der Waals surface area (Å²) in [5.74, 6) is 2.39. The van der Waals surface area contributed by atoms with Crippen molar-refractivity contribution in [3.05, 3.63) is 42.5 Å². The summed E-state index contributed by atoms with van der Waals surface area (Å²) in [6.07, 6.45) is 7.46. The van der Waals surface area contributed by atoms with Gasteiger partial charge in [0.25, 0.3) is 0 Å². The quantitative estimate of drug-likeness (QED) is 0.936. The van der Waals surface area contributed by atoms with Gasteiger partial charge in [0.15, 0.2) is 0 Å². The number of ether oxygens (including phenoxy) is 1. The molecule has 1 saturated heterocycles. The normalized spacial score (nSPS) is 22.5. The average Bonchev–Trinajstić information content (AvgIpc) is 2.55. The summed E-state index contributed by atoms with van der Waals surface area (Å²) in [6, 6.07) is 8.46. The first-order valence-electron chi connectivity index (χ1n) is 8.24. The maximum atomic E-state index is 5.69. The Bertz CT molecular complexity index is 646. The van der Waals surface area contributed by atoms with E-state index in [2.05, 4.69) is 20.2 Å². The van der Waals surface area contributed by atoms with Crippen LogP contribution in [0.15, 0.2) is 36.7 Å². The molecule has 0 amide bonds. The number of hydrogen-bond acceptors (Lipinski definition) is 6. The van der Waals surface area contributed by atoms with Crippen molar-refractivity contribution in [3.8, 4) is 0 Å². The first-order chi connectivity index (χ1) is 11.4. The number of hydrogen-bond donors (Lipinski definition) is 1. The average molecular weight is 311 g/mol. The van der Waals surface area contributed by atoms with E-state index in [1.165, 1.54) is 19.3 Å². The van der Waals surface area contributed by atoms with Gasteiger partial charge in [-0.05, 0) is 31.0 Å². The molecule has 1 saturated carbocycles. The molecule has 0 bridgehead atoms. The zero-order chi connectivity index (χ0) is 15.5. The van der Waals surface area contributed by atoms with Gasteiger partial charge in [0.2, 0.25) is 0 Å². The maximum absolute atomic E-state index is 5.69. The Morgan fingerprint density at radius 1 is 1.09 bits per heavy atom. The minimum atomic E-state index is 0.152. The Morgan fingerprint density at radius 3 is 2.83 bits per heavy atom.